The molecule has 0 atom stereocenters. The highest BCUT2D eigenvalue weighted by Crippen LogP contribution is 2.21. The average molecular weight is 257 g/mol. The van der Waals surface area contributed by atoms with Crippen LogP contribution in [0.4, 0.5) is 5.69 Å². The SMILES string of the molecule is CCNc1ccc(S(C)(=O)=O)cc1C(=O)OC. The number of esters is 1. The van der Waals surface area contributed by atoms with Gasteiger partial charge in [0.25, 0.3) is 0 Å². The molecule has 1 aromatic rings. The molecule has 17 heavy (non-hydrogen) atoms. The summed E-state index contributed by atoms with van der Waals surface area (Å²) in [6.45, 7) is 2.51. The van der Waals surface area contributed by atoms with Crippen molar-refractivity contribution in [2.24, 2.45) is 0 Å². The van der Waals surface area contributed by atoms with Gasteiger partial charge in [-0.25, -0.2) is 13.2 Å². The van der Waals surface area contributed by atoms with E-state index in [1.807, 2.05) is 6.92 Å². The predicted molar refractivity (Wildman–Crippen MR) is 65.1 cm³/mol. The zero-order valence-corrected chi connectivity index (χ0v) is 10.8. The molecule has 0 aliphatic rings. The standard InChI is InChI=1S/C11H15NO4S/c1-4-12-10-6-5-8(17(3,14)15)7-9(10)11(13)16-2/h5-7,12H,4H2,1-3H3. The van der Waals surface area contributed by atoms with Crippen molar-refractivity contribution in [1.82, 2.24) is 0 Å². The molecule has 0 spiro atoms. The first-order valence-corrected chi connectivity index (χ1v) is 6.95. The number of carbonyl (C=O) groups excluding carboxylic acids is 1. The Bertz CT molecular complexity index is 522. The van der Waals surface area contributed by atoms with E-state index in [0.29, 0.717) is 12.2 Å². The molecule has 6 heteroatoms. The van der Waals surface area contributed by atoms with Gasteiger partial charge in [0.15, 0.2) is 9.84 Å². The number of hydrogen-bond acceptors (Lipinski definition) is 5. The van der Waals surface area contributed by atoms with Crippen LogP contribution in [0.3, 0.4) is 0 Å². The molecule has 0 unspecified atom stereocenters. The van der Waals surface area contributed by atoms with Gasteiger partial charge in [0.1, 0.15) is 0 Å². The second-order valence-corrected chi connectivity index (χ2v) is 5.52. The van der Waals surface area contributed by atoms with Gasteiger partial charge in [-0.1, -0.05) is 0 Å². The van der Waals surface area contributed by atoms with Gasteiger partial charge < -0.3 is 10.1 Å². The third-order valence-corrected chi connectivity index (χ3v) is 3.30. The van der Waals surface area contributed by atoms with Crippen LogP contribution >= 0.6 is 0 Å². The molecular weight excluding hydrogens is 242 g/mol. The normalized spacial score (nSPS) is 11.0. The summed E-state index contributed by atoms with van der Waals surface area (Å²) in [6, 6.07) is 4.34. The molecule has 0 fully saturated rings. The summed E-state index contributed by atoms with van der Waals surface area (Å²) in [7, 11) is -2.08. The van der Waals surface area contributed by atoms with Crippen LogP contribution in [0.25, 0.3) is 0 Å². The summed E-state index contributed by atoms with van der Waals surface area (Å²) in [5, 5.41) is 2.97. The van der Waals surface area contributed by atoms with Gasteiger partial charge in [0.05, 0.1) is 17.6 Å². The fourth-order valence-corrected chi connectivity index (χ4v) is 2.02. The summed E-state index contributed by atoms with van der Waals surface area (Å²) in [4.78, 5) is 11.6. The van der Waals surface area contributed by atoms with Crippen molar-refractivity contribution in [2.45, 2.75) is 11.8 Å². The Hall–Kier alpha value is -1.56. The highest BCUT2D eigenvalue weighted by Gasteiger charge is 2.16. The predicted octanol–water partition coefficient (Wildman–Crippen LogP) is 1.31. The third-order valence-electron chi connectivity index (χ3n) is 2.19. The first kappa shape index (κ1) is 13.5. The largest absolute Gasteiger partial charge is 0.465 e. The second kappa shape index (κ2) is 5.18. The van der Waals surface area contributed by atoms with E-state index in [9.17, 15) is 13.2 Å². The van der Waals surface area contributed by atoms with Gasteiger partial charge in [-0.2, -0.15) is 0 Å². The lowest BCUT2D eigenvalue weighted by molar-refractivity contribution is 0.0601. The van der Waals surface area contributed by atoms with Crippen LogP contribution in [0, 0.1) is 0 Å². The molecule has 0 aliphatic carbocycles. The minimum Gasteiger partial charge on any atom is -0.465 e. The van der Waals surface area contributed by atoms with E-state index in [-0.39, 0.29) is 10.5 Å². The van der Waals surface area contributed by atoms with Crippen LogP contribution < -0.4 is 5.32 Å². The highest BCUT2D eigenvalue weighted by molar-refractivity contribution is 7.90. The summed E-state index contributed by atoms with van der Waals surface area (Å²) >= 11 is 0. The Morgan fingerprint density at radius 3 is 2.53 bits per heavy atom. The first-order chi connectivity index (χ1) is 7.90. The molecule has 0 aliphatic heterocycles. The fourth-order valence-electron chi connectivity index (χ4n) is 1.38. The molecule has 1 rings (SSSR count). The van der Waals surface area contributed by atoms with Gasteiger partial charge in [-0.3, -0.25) is 0 Å². The number of sulfone groups is 1. The topological polar surface area (TPSA) is 72.5 Å². The second-order valence-electron chi connectivity index (χ2n) is 3.50. The summed E-state index contributed by atoms with van der Waals surface area (Å²) < 4.78 is 27.4. The number of benzene rings is 1. The van der Waals surface area contributed by atoms with Gasteiger partial charge in [-0.05, 0) is 25.1 Å². The monoisotopic (exact) mass is 257 g/mol. The maximum absolute atomic E-state index is 11.5. The molecule has 94 valence electrons. The Labute approximate surface area is 101 Å². The molecule has 0 aromatic heterocycles. The van der Waals surface area contributed by atoms with Gasteiger partial charge in [-0.15, -0.1) is 0 Å². The van der Waals surface area contributed by atoms with Crippen LogP contribution in [-0.2, 0) is 14.6 Å². The van der Waals surface area contributed by atoms with Crippen molar-refractivity contribution in [1.29, 1.82) is 0 Å². The van der Waals surface area contributed by atoms with Crippen molar-refractivity contribution in [3.05, 3.63) is 23.8 Å². The van der Waals surface area contributed by atoms with Crippen molar-refractivity contribution in [2.75, 3.05) is 25.2 Å². The zero-order valence-electron chi connectivity index (χ0n) is 9.98. The molecule has 0 saturated carbocycles. The molecular formula is C11H15NO4S. The van der Waals surface area contributed by atoms with E-state index < -0.39 is 15.8 Å². The number of anilines is 1. The van der Waals surface area contributed by atoms with Crippen LogP contribution in [0.2, 0.25) is 0 Å². The maximum atomic E-state index is 11.5. The Balaban J connectivity index is 3.34. The number of carbonyl (C=O) groups is 1. The van der Waals surface area contributed by atoms with Gasteiger partial charge in [0.2, 0.25) is 0 Å². The first-order valence-electron chi connectivity index (χ1n) is 5.06. The minimum absolute atomic E-state index is 0.0968. The number of ether oxygens (including phenoxy) is 1. The van der Waals surface area contributed by atoms with Crippen LogP contribution in [0.1, 0.15) is 17.3 Å². The third kappa shape index (κ3) is 3.20. The summed E-state index contributed by atoms with van der Waals surface area (Å²) in [6.07, 6.45) is 1.09. The van der Waals surface area contributed by atoms with Crippen LogP contribution in [0.15, 0.2) is 23.1 Å². The van der Waals surface area contributed by atoms with Gasteiger partial charge >= 0.3 is 5.97 Å². The highest BCUT2D eigenvalue weighted by atomic mass is 32.2. The number of rotatable bonds is 4. The molecule has 1 aromatic carbocycles. The minimum atomic E-state index is -3.33. The number of hydrogen-bond donors (Lipinski definition) is 1. The molecule has 1 N–H and O–H groups in total. The van der Waals surface area contributed by atoms with E-state index in [1.54, 1.807) is 6.07 Å². The van der Waals surface area contributed by atoms with Crippen LogP contribution in [0.5, 0.6) is 0 Å². The Kier molecular flexibility index (Phi) is 4.11. The molecule has 0 radical (unpaired) electrons. The zero-order chi connectivity index (χ0) is 13.1. The van der Waals surface area contributed by atoms with E-state index in [0.717, 1.165) is 6.26 Å². The fraction of sp³-hybridized carbons (Fsp3) is 0.364. The van der Waals surface area contributed by atoms with Gasteiger partial charge in [0, 0.05) is 18.5 Å². The summed E-state index contributed by atoms with van der Waals surface area (Å²) in [5.41, 5.74) is 0.782. The lowest BCUT2D eigenvalue weighted by Gasteiger charge is -2.10. The number of methoxy groups -OCH3 is 1. The van der Waals surface area contributed by atoms with Crippen molar-refractivity contribution in [3.63, 3.8) is 0 Å². The van der Waals surface area contributed by atoms with Crippen LogP contribution in [-0.4, -0.2) is 34.3 Å². The van der Waals surface area contributed by atoms with E-state index in [4.69, 9.17) is 0 Å². The smallest absolute Gasteiger partial charge is 0.340 e. The van der Waals surface area contributed by atoms with Crippen molar-refractivity contribution < 1.29 is 17.9 Å². The molecule has 0 amide bonds. The maximum Gasteiger partial charge on any atom is 0.340 e. The average Bonchev–Trinajstić information content (AvgIpc) is 2.27. The van der Waals surface area contributed by atoms with E-state index in [2.05, 4.69) is 10.1 Å². The molecule has 0 heterocycles. The Morgan fingerprint density at radius 2 is 2.06 bits per heavy atom. The van der Waals surface area contributed by atoms with E-state index >= 15 is 0 Å². The molecule has 0 bridgehead atoms. The summed E-state index contributed by atoms with van der Waals surface area (Å²) in [5.74, 6) is -0.563. The Morgan fingerprint density at radius 1 is 1.41 bits per heavy atom. The lowest BCUT2D eigenvalue weighted by atomic mass is 10.2. The number of nitrogens with one attached hydrogen (secondary N) is 1. The van der Waals surface area contributed by atoms with Crippen molar-refractivity contribution >= 4 is 21.5 Å². The lowest BCUT2D eigenvalue weighted by Crippen LogP contribution is -2.09. The molecule has 5 nitrogen and oxygen atoms in total. The van der Waals surface area contributed by atoms with E-state index in [1.165, 1.54) is 19.2 Å². The quantitative estimate of drug-likeness (QED) is 0.823. The van der Waals surface area contributed by atoms with Crippen molar-refractivity contribution in [3.8, 4) is 0 Å². The molecule has 0 saturated heterocycles.